The van der Waals surface area contributed by atoms with Crippen LogP contribution in [-0.2, 0) is 43.2 Å². The Morgan fingerprint density at radius 1 is 0.778 bits per heavy atom. The van der Waals surface area contributed by atoms with Crippen molar-refractivity contribution in [3.8, 4) is 11.3 Å². The molecule has 2 amide bonds. The largest absolute Gasteiger partial charge is 0.422 e. The Morgan fingerprint density at radius 2 is 1.39 bits per heavy atom. The molecule has 5 rings (SSSR count). The van der Waals surface area contributed by atoms with Gasteiger partial charge in [-0.3, -0.25) is 9.59 Å². The van der Waals surface area contributed by atoms with Gasteiger partial charge in [0, 0.05) is 60.1 Å². The Kier molecular flexibility index (Phi) is 15.1. The van der Waals surface area contributed by atoms with E-state index in [-0.39, 0.29) is 24.7 Å². The van der Waals surface area contributed by atoms with Crippen molar-refractivity contribution in [3.05, 3.63) is 106 Å². The third-order valence-electron chi connectivity index (χ3n) is 8.70. The van der Waals surface area contributed by atoms with Crippen molar-refractivity contribution in [3.63, 3.8) is 0 Å². The number of nitrogens with one attached hydrogen (secondary N) is 2. The molecule has 0 atom stereocenters. The van der Waals surface area contributed by atoms with E-state index in [9.17, 15) is 14.4 Å². The summed E-state index contributed by atoms with van der Waals surface area (Å²) in [5.74, 6) is -0.365. The van der Waals surface area contributed by atoms with E-state index in [2.05, 4.69) is 39.7 Å². The molecule has 2 heterocycles. The van der Waals surface area contributed by atoms with Gasteiger partial charge in [0.2, 0.25) is 11.8 Å². The lowest BCUT2D eigenvalue weighted by Crippen LogP contribution is -2.30. The minimum atomic E-state index is -0.513. The molecule has 5 aromatic rings. The lowest BCUT2D eigenvalue weighted by molar-refractivity contribution is -0.121. The van der Waals surface area contributed by atoms with Crippen LogP contribution in [0.1, 0.15) is 30.5 Å². The van der Waals surface area contributed by atoms with Crippen molar-refractivity contribution in [1.29, 1.82) is 0 Å². The fourth-order valence-corrected chi connectivity index (χ4v) is 5.79. The van der Waals surface area contributed by atoms with Crippen LogP contribution in [0.15, 0.2) is 88.2 Å². The Bertz CT molecular complexity index is 1990. The van der Waals surface area contributed by atoms with Crippen molar-refractivity contribution < 1.29 is 28.2 Å². The number of amides is 2. The highest BCUT2D eigenvalue weighted by molar-refractivity contribution is 5.83. The number of ether oxygens (including phenoxy) is 3. The second-order valence-corrected chi connectivity index (χ2v) is 12.6. The highest BCUT2D eigenvalue weighted by atomic mass is 16.5. The maximum Gasteiger partial charge on any atom is 0.339 e. The Balaban J connectivity index is 0.860. The summed E-state index contributed by atoms with van der Waals surface area (Å²) in [7, 11) is 0. The van der Waals surface area contributed by atoms with E-state index >= 15 is 0 Å². The number of rotatable bonds is 22. The zero-order valence-electron chi connectivity index (χ0n) is 30.9. The van der Waals surface area contributed by atoms with Crippen LogP contribution >= 0.6 is 0 Å². The Morgan fingerprint density at radius 3 is 2.04 bits per heavy atom. The second kappa shape index (κ2) is 20.6. The lowest BCUT2D eigenvalue weighted by Gasteiger charge is -2.21. The SMILES string of the molecule is CCN(CC)c1ccc2cc(CC(=O)NCCOCCOCCOCCNC(=O)Cc3ccc(Cn4nncc4-c4ccc(N)cc4)cc3)c(=O)oc2c1. The summed E-state index contributed by atoms with van der Waals surface area (Å²) in [6.45, 7) is 9.30. The summed E-state index contributed by atoms with van der Waals surface area (Å²) in [6, 6.07) is 22.9. The number of nitrogens with zero attached hydrogens (tertiary/aromatic N) is 4. The van der Waals surface area contributed by atoms with Crippen LogP contribution in [0.4, 0.5) is 11.4 Å². The molecular formula is C40H49N7O7. The first kappa shape index (κ1) is 39.6. The number of hydrogen-bond donors (Lipinski definition) is 3. The first-order valence-corrected chi connectivity index (χ1v) is 18.2. The zero-order valence-corrected chi connectivity index (χ0v) is 30.9. The third kappa shape index (κ3) is 12.0. The van der Waals surface area contributed by atoms with Crippen LogP contribution in [0.25, 0.3) is 22.2 Å². The number of anilines is 2. The van der Waals surface area contributed by atoms with Crippen LogP contribution in [0.3, 0.4) is 0 Å². The predicted molar refractivity (Wildman–Crippen MR) is 207 cm³/mol. The monoisotopic (exact) mass is 739 g/mol. The molecule has 0 aliphatic carbocycles. The van der Waals surface area contributed by atoms with Crippen molar-refractivity contribution in [2.45, 2.75) is 33.2 Å². The van der Waals surface area contributed by atoms with Crippen molar-refractivity contribution >= 4 is 34.2 Å². The maximum atomic E-state index is 12.5. The van der Waals surface area contributed by atoms with E-state index < -0.39 is 5.63 Å². The number of aromatic nitrogens is 3. The predicted octanol–water partition coefficient (Wildman–Crippen LogP) is 3.60. The van der Waals surface area contributed by atoms with Crippen LogP contribution < -0.4 is 26.9 Å². The van der Waals surface area contributed by atoms with E-state index in [1.54, 1.807) is 12.3 Å². The second-order valence-electron chi connectivity index (χ2n) is 12.6. The van der Waals surface area contributed by atoms with E-state index in [1.165, 1.54) is 0 Å². The van der Waals surface area contributed by atoms with Gasteiger partial charge in [-0.15, -0.1) is 5.10 Å². The zero-order chi connectivity index (χ0) is 38.1. The van der Waals surface area contributed by atoms with Crippen LogP contribution in [0.5, 0.6) is 0 Å². The quantitative estimate of drug-likeness (QED) is 0.0537. The van der Waals surface area contributed by atoms with Gasteiger partial charge in [-0.1, -0.05) is 41.6 Å². The first-order chi connectivity index (χ1) is 26.3. The van der Waals surface area contributed by atoms with Gasteiger partial charge in [0.15, 0.2) is 0 Å². The molecule has 0 bridgehead atoms. The number of fused-ring (bicyclic) bond motifs is 1. The molecule has 0 spiro atoms. The summed E-state index contributed by atoms with van der Waals surface area (Å²) in [4.78, 5) is 39.5. The molecule has 4 N–H and O–H groups in total. The molecule has 0 saturated carbocycles. The molecule has 3 aromatic carbocycles. The summed E-state index contributed by atoms with van der Waals surface area (Å²) >= 11 is 0. The standard InChI is InChI=1S/C40H49N7O7/c1-3-46(4-2)35-14-11-32-24-33(40(50)54-37(32)26-35)25-39(49)43-16-18-52-20-22-53-21-19-51-17-15-42-38(48)23-29-5-7-30(8-6-29)28-47-36(27-44-45-47)31-9-12-34(41)13-10-31/h5-14,24,26-27H,3-4,15-23,25,28,41H2,1-2H3,(H,42,48)(H,43,49). The molecule has 2 aromatic heterocycles. The van der Waals surface area contributed by atoms with Gasteiger partial charge in [0.1, 0.15) is 5.58 Å². The number of nitrogen functional groups attached to an aromatic ring is 1. The molecule has 54 heavy (non-hydrogen) atoms. The molecule has 0 aliphatic rings. The van der Waals surface area contributed by atoms with E-state index in [0.717, 1.165) is 46.5 Å². The average Bonchev–Trinajstić information content (AvgIpc) is 3.63. The normalized spacial score (nSPS) is 11.1. The maximum absolute atomic E-state index is 12.5. The number of hydrogen-bond acceptors (Lipinski definition) is 11. The molecule has 14 nitrogen and oxygen atoms in total. The van der Waals surface area contributed by atoms with Crippen molar-refractivity contribution in [2.24, 2.45) is 0 Å². The highest BCUT2D eigenvalue weighted by Crippen LogP contribution is 2.23. The molecule has 0 radical (unpaired) electrons. The number of carbonyl (C=O) groups excluding carboxylic acids is 2. The van der Waals surface area contributed by atoms with Gasteiger partial charge < -0.3 is 39.9 Å². The number of nitrogens with two attached hydrogens (primary N) is 1. The van der Waals surface area contributed by atoms with Gasteiger partial charge in [-0.2, -0.15) is 0 Å². The summed E-state index contributed by atoms with van der Waals surface area (Å²) in [6.07, 6.45) is 1.93. The molecule has 0 aliphatic heterocycles. The van der Waals surface area contributed by atoms with Gasteiger partial charge in [0.25, 0.3) is 0 Å². The topological polar surface area (TPSA) is 176 Å². The fourth-order valence-electron chi connectivity index (χ4n) is 5.79. The molecular weight excluding hydrogens is 690 g/mol. The van der Waals surface area contributed by atoms with Gasteiger partial charge in [-0.25, -0.2) is 9.48 Å². The molecule has 286 valence electrons. The molecule has 0 unspecified atom stereocenters. The Labute approximate surface area is 314 Å². The van der Waals surface area contributed by atoms with Crippen LogP contribution in [0.2, 0.25) is 0 Å². The number of carbonyl (C=O) groups is 2. The number of benzene rings is 3. The summed E-state index contributed by atoms with van der Waals surface area (Å²) in [5, 5.41) is 14.7. The first-order valence-electron chi connectivity index (χ1n) is 18.2. The Hall–Kier alpha value is -5.57. The third-order valence-corrected chi connectivity index (χ3v) is 8.70. The lowest BCUT2D eigenvalue weighted by atomic mass is 10.1. The van der Waals surface area contributed by atoms with Crippen molar-refractivity contribution in [2.75, 3.05) is 76.5 Å². The molecule has 14 heteroatoms. The average molecular weight is 740 g/mol. The molecule has 0 saturated heterocycles. The van der Waals surface area contributed by atoms with Gasteiger partial charge in [-0.05, 0) is 55.3 Å². The van der Waals surface area contributed by atoms with Gasteiger partial charge in [0.05, 0.1) is 70.9 Å². The van der Waals surface area contributed by atoms with Crippen LogP contribution in [0, 0.1) is 0 Å². The van der Waals surface area contributed by atoms with E-state index in [0.29, 0.717) is 76.1 Å². The fraction of sp³-hybridized carbons (Fsp3) is 0.375. The van der Waals surface area contributed by atoms with Crippen LogP contribution in [-0.4, -0.2) is 92.6 Å². The van der Waals surface area contributed by atoms with Crippen molar-refractivity contribution in [1.82, 2.24) is 25.6 Å². The van der Waals surface area contributed by atoms with E-state index in [4.69, 9.17) is 24.4 Å². The smallest absolute Gasteiger partial charge is 0.339 e. The highest BCUT2D eigenvalue weighted by Gasteiger charge is 2.12. The van der Waals surface area contributed by atoms with Gasteiger partial charge >= 0.3 is 5.63 Å². The van der Waals surface area contributed by atoms with E-state index in [1.807, 2.05) is 71.4 Å². The summed E-state index contributed by atoms with van der Waals surface area (Å²) in [5.41, 5.74) is 11.6. The minimum Gasteiger partial charge on any atom is -0.422 e. The summed E-state index contributed by atoms with van der Waals surface area (Å²) < 4.78 is 23.9. The minimum absolute atomic E-state index is 0.0722. The molecule has 0 fully saturated rings.